The predicted octanol–water partition coefficient (Wildman–Crippen LogP) is 0.153. The van der Waals surface area contributed by atoms with Crippen LogP contribution in [-0.4, -0.2) is 33.1 Å². The van der Waals surface area contributed by atoms with E-state index in [0.717, 1.165) is 17.5 Å². The molecule has 0 atom stereocenters. The Morgan fingerprint density at radius 3 is 3.06 bits per heavy atom. The summed E-state index contributed by atoms with van der Waals surface area (Å²) < 4.78 is 0. The van der Waals surface area contributed by atoms with Crippen molar-refractivity contribution in [1.29, 1.82) is 0 Å². The van der Waals surface area contributed by atoms with Gasteiger partial charge in [-0.15, -0.1) is 10.2 Å². The predicted molar refractivity (Wildman–Crippen MR) is 55.7 cm³/mol. The number of carbonyl (C=O) groups excluding carboxylic acids is 1. The van der Waals surface area contributed by atoms with E-state index in [1.165, 1.54) is 0 Å². The van der Waals surface area contributed by atoms with Gasteiger partial charge in [-0.1, -0.05) is 12.1 Å². The number of aromatic nitrogens is 4. The molecule has 3 rings (SSSR count). The second kappa shape index (κ2) is 3.41. The van der Waals surface area contributed by atoms with Crippen LogP contribution in [0, 0.1) is 0 Å². The zero-order valence-electron chi connectivity index (χ0n) is 8.40. The van der Waals surface area contributed by atoms with Gasteiger partial charge in [0.15, 0.2) is 0 Å². The standard InChI is InChI=1S/C10H9N5O/c16-10-8-5-7(9-12-14-15-13-9)2-1-6(8)3-4-11-10/h1-2,5H,3-4H2,(H,11,16)(H,12,13,14,15). The molecule has 0 radical (unpaired) electrons. The molecule has 1 aliphatic heterocycles. The first-order valence-electron chi connectivity index (χ1n) is 4.99. The van der Waals surface area contributed by atoms with Crippen molar-refractivity contribution in [2.24, 2.45) is 0 Å². The normalized spacial score (nSPS) is 14.4. The van der Waals surface area contributed by atoms with E-state index in [4.69, 9.17) is 0 Å². The minimum Gasteiger partial charge on any atom is -0.352 e. The lowest BCUT2D eigenvalue weighted by atomic mass is 9.98. The molecule has 0 fully saturated rings. The summed E-state index contributed by atoms with van der Waals surface area (Å²) in [5.41, 5.74) is 2.56. The number of nitrogens with one attached hydrogen (secondary N) is 2. The molecule has 6 nitrogen and oxygen atoms in total. The van der Waals surface area contributed by atoms with Crippen molar-refractivity contribution >= 4 is 5.91 Å². The number of fused-ring (bicyclic) bond motifs is 1. The quantitative estimate of drug-likeness (QED) is 0.709. The van der Waals surface area contributed by atoms with Crippen molar-refractivity contribution in [3.63, 3.8) is 0 Å². The highest BCUT2D eigenvalue weighted by Crippen LogP contribution is 2.20. The van der Waals surface area contributed by atoms with Crippen molar-refractivity contribution in [2.45, 2.75) is 6.42 Å². The summed E-state index contributed by atoms with van der Waals surface area (Å²) in [6, 6.07) is 5.65. The smallest absolute Gasteiger partial charge is 0.251 e. The molecule has 1 amide bonds. The van der Waals surface area contributed by atoms with Crippen molar-refractivity contribution in [3.8, 4) is 11.4 Å². The molecule has 2 aromatic rings. The average Bonchev–Trinajstić information content (AvgIpc) is 2.83. The first-order chi connectivity index (χ1) is 7.84. The molecule has 1 aromatic carbocycles. The number of hydrogen-bond acceptors (Lipinski definition) is 4. The molecule has 0 bridgehead atoms. The molecule has 2 N–H and O–H groups in total. The summed E-state index contributed by atoms with van der Waals surface area (Å²) in [6.45, 7) is 0.702. The zero-order chi connectivity index (χ0) is 11.0. The molecule has 0 aliphatic carbocycles. The SMILES string of the molecule is O=C1NCCc2ccc(-c3nn[nH]n3)cc21. The Kier molecular flexibility index (Phi) is 1.92. The van der Waals surface area contributed by atoms with Gasteiger partial charge in [0.25, 0.3) is 5.91 Å². The number of hydrogen-bond donors (Lipinski definition) is 2. The van der Waals surface area contributed by atoms with E-state index in [2.05, 4.69) is 25.9 Å². The second-order valence-electron chi connectivity index (χ2n) is 3.61. The lowest BCUT2D eigenvalue weighted by molar-refractivity contribution is 0.0946. The second-order valence-corrected chi connectivity index (χ2v) is 3.61. The minimum absolute atomic E-state index is 0.0356. The maximum absolute atomic E-state index is 11.6. The molecule has 1 aliphatic rings. The molecule has 0 saturated heterocycles. The van der Waals surface area contributed by atoms with Crippen LogP contribution in [0.3, 0.4) is 0 Å². The Balaban J connectivity index is 2.11. The monoisotopic (exact) mass is 215 g/mol. The van der Waals surface area contributed by atoms with Gasteiger partial charge in [-0.2, -0.15) is 5.21 Å². The van der Waals surface area contributed by atoms with Gasteiger partial charge in [-0.05, 0) is 23.3 Å². The van der Waals surface area contributed by atoms with Gasteiger partial charge in [0.05, 0.1) is 0 Å². The topological polar surface area (TPSA) is 83.6 Å². The van der Waals surface area contributed by atoms with Gasteiger partial charge in [-0.25, -0.2) is 0 Å². The van der Waals surface area contributed by atoms with E-state index in [0.29, 0.717) is 17.9 Å². The molecular formula is C10H9N5O. The van der Waals surface area contributed by atoms with Gasteiger partial charge >= 0.3 is 0 Å². The molecule has 1 aromatic heterocycles. The maximum atomic E-state index is 11.6. The van der Waals surface area contributed by atoms with Gasteiger partial charge in [0, 0.05) is 17.7 Å². The lowest BCUT2D eigenvalue weighted by Gasteiger charge is -2.16. The highest BCUT2D eigenvalue weighted by molar-refractivity contribution is 5.97. The highest BCUT2D eigenvalue weighted by atomic mass is 16.1. The molecule has 6 heteroatoms. The highest BCUT2D eigenvalue weighted by Gasteiger charge is 2.17. The third kappa shape index (κ3) is 1.35. The minimum atomic E-state index is -0.0356. The van der Waals surface area contributed by atoms with Crippen LogP contribution in [0.25, 0.3) is 11.4 Å². The van der Waals surface area contributed by atoms with E-state index in [1.54, 1.807) is 6.07 Å². The number of aromatic amines is 1. The Morgan fingerprint density at radius 1 is 1.31 bits per heavy atom. The Hall–Kier alpha value is -2.24. The number of carbonyl (C=O) groups is 1. The summed E-state index contributed by atoms with van der Waals surface area (Å²) >= 11 is 0. The summed E-state index contributed by atoms with van der Waals surface area (Å²) in [5, 5.41) is 16.5. The summed E-state index contributed by atoms with van der Waals surface area (Å²) in [7, 11) is 0. The fourth-order valence-electron chi connectivity index (χ4n) is 1.83. The van der Waals surface area contributed by atoms with Crippen LogP contribution >= 0.6 is 0 Å². The summed E-state index contributed by atoms with van der Waals surface area (Å²) in [6.07, 6.45) is 0.869. The van der Waals surface area contributed by atoms with Gasteiger partial charge < -0.3 is 5.32 Å². The molecule has 0 unspecified atom stereocenters. The third-order valence-electron chi connectivity index (χ3n) is 2.64. The number of H-pyrrole nitrogens is 1. The zero-order valence-corrected chi connectivity index (χ0v) is 8.40. The largest absolute Gasteiger partial charge is 0.352 e. The number of rotatable bonds is 1. The maximum Gasteiger partial charge on any atom is 0.251 e. The Bertz CT molecular complexity index is 534. The van der Waals surface area contributed by atoms with Gasteiger partial charge in [-0.3, -0.25) is 4.79 Å². The van der Waals surface area contributed by atoms with E-state index >= 15 is 0 Å². The van der Waals surface area contributed by atoms with Crippen molar-refractivity contribution in [1.82, 2.24) is 25.9 Å². The van der Waals surface area contributed by atoms with Crippen LogP contribution in [0.15, 0.2) is 18.2 Å². The van der Waals surface area contributed by atoms with Crippen LogP contribution in [-0.2, 0) is 6.42 Å². The molecule has 0 spiro atoms. The van der Waals surface area contributed by atoms with Crippen LogP contribution in [0.4, 0.5) is 0 Å². The Labute approximate surface area is 91.1 Å². The molecule has 0 saturated carbocycles. The number of amides is 1. The first-order valence-corrected chi connectivity index (χ1v) is 4.99. The summed E-state index contributed by atoms with van der Waals surface area (Å²) in [4.78, 5) is 11.6. The molecule has 2 heterocycles. The van der Waals surface area contributed by atoms with Crippen LogP contribution in [0.1, 0.15) is 15.9 Å². The Morgan fingerprint density at radius 2 is 2.25 bits per heavy atom. The van der Waals surface area contributed by atoms with Crippen LogP contribution in [0.2, 0.25) is 0 Å². The van der Waals surface area contributed by atoms with Crippen molar-refractivity contribution < 1.29 is 4.79 Å². The van der Waals surface area contributed by atoms with E-state index in [-0.39, 0.29) is 5.91 Å². The van der Waals surface area contributed by atoms with E-state index in [1.807, 2.05) is 12.1 Å². The fraction of sp³-hybridized carbons (Fsp3) is 0.200. The first kappa shape index (κ1) is 9.02. The molecule has 16 heavy (non-hydrogen) atoms. The van der Waals surface area contributed by atoms with Crippen LogP contribution in [0.5, 0.6) is 0 Å². The van der Waals surface area contributed by atoms with Crippen molar-refractivity contribution in [3.05, 3.63) is 29.3 Å². The van der Waals surface area contributed by atoms with Crippen LogP contribution < -0.4 is 5.32 Å². The van der Waals surface area contributed by atoms with Crippen molar-refractivity contribution in [2.75, 3.05) is 6.54 Å². The number of nitrogens with zero attached hydrogens (tertiary/aromatic N) is 3. The van der Waals surface area contributed by atoms with E-state index in [9.17, 15) is 4.79 Å². The lowest BCUT2D eigenvalue weighted by Crippen LogP contribution is -2.31. The molecule has 80 valence electrons. The fourth-order valence-corrected chi connectivity index (χ4v) is 1.83. The van der Waals surface area contributed by atoms with Gasteiger partial charge in [0.2, 0.25) is 5.82 Å². The number of tetrazole rings is 1. The average molecular weight is 215 g/mol. The van der Waals surface area contributed by atoms with E-state index < -0.39 is 0 Å². The summed E-state index contributed by atoms with van der Waals surface area (Å²) in [5.74, 6) is 0.466. The molecular weight excluding hydrogens is 206 g/mol. The number of benzene rings is 1. The third-order valence-corrected chi connectivity index (χ3v) is 2.64. The van der Waals surface area contributed by atoms with Gasteiger partial charge in [0.1, 0.15) is 0 Å².